The van der Waals surface area contributed by atoms with Crippen LogP contribution in [0.15, 0.2) is 29.1 Å². The summed E-state index contributed by atoms with van der Waals surface area (Å²) in [5, 5.41) is 0. The highest BCUT2D eigenvalue weighted by molar-refractivity contribution is 9.10. The van der Waals surface area contributed by atoms with E-state index < -0.39 is 5.97 Å². The lowest BCUT2D eigenvalue weighted by atomic mass is 10.2. The number of pyridine rings is 1. The van der Waals surface area contributed by atoms with E-state index in [4.69, 9.17) is 4.74 Å². The standard InChI is InChI=1S/C11H10BrN3O2/c1-2-17-11(16)10-9(14-6-15-10)8-4-3-7(12)5-13-8/h3-6H,2H2,1H3,(H,14,15). The van der Waals surface area contributed by atoms with Crippen LogP contribution in [-0.4, -0.2) is 27.5 Å². The minimum atomic E-state index is -0.426. The van der Waals surface area contributed by atoms with Crippen LogP contribution in [0.3, 0.4) is 0 Å². The van der Waals surface area contributed by atoms with Crippen LogP contribution in [0, 0.1) is 0 Å². The summed E-state index contributed by atoms with van der Waals surface area (Å²) in [5.74, 6) is -0.426. The van der Waals surface area contributed by atoms with Crippen molar-refractivity contribution in [1.82, 2.24) is 15.0 Å². The third-order valence-electron chi connectivity index (χ3n) is 2.09. The molecule has 0 aromatic carbocycles. The molecule has 0 aliphatic rings. The van der Waals surface area contributed by atoms with Gasteiger partial charge in [0.1, 0.15) is 5.69 Å². The number of nitrogens with zero attached hydrogens (tertiary/aromatic N) is 2. The molecule has 2 rings (SSSR count). The number of aromatic nitrogens is 3. The lowest BCUT2D eigenvalue weighted by Crippen LogP contribution is -2.06. The van der Waals surface area contributed by atoms with E-state index in [-0.39, 0.29) is 0 Å². The third-order valence-corrected chi connectivity index (χ3v) is 2.56. The van der Waals surface area contributed by atoms with Gasteiger partial charge in [-0.3, -0.25) is 4.98 Å². The molecule has 5 nitrogen and oxygen atoms in total. The molecule has 0 spiro atoms. The number of esters is 1. The number of nitrogens with one attached hydrogen (secondary N) is 1. The smallest absolute Gasteiger partial charge is 0.357 e. The molecule has 17 heavy (non-hydrogen) atoms. The van der Waals surface area contributed by atoms with Gasteiger partial charge in [0, 0.05) is 10.7 Å². The van der Waals surface area contributed by atoms with Gasteiger partial charge < -0.3 is 9.72 Å². The average Bonchev–Trinajstić information content (AvgIpc) is 2.79. The van der Waals surface area contributed by atoms with Gasteiger partial charge in [-0.15, -0.1) is 0 Å². The zero-order chi connectivity index (χ0) is 12.3. The minimum Gasteiger partial charge on any atom is -0.461 e. The van der Waals surface area contributed by atoms with Crippen molar-refractivity contribution < 1.29 is 9.53 Å². The summed E-state index contributed by atoms with van der Waals surface area (Å²) in [6, 6.07) is 3.62. The van der Waals surface area contributed by atoms with Crippen molar-refractivity contribution in [2.24, 2.45) is 0 Å². The highest BCUT2D eigenvalue weighted by Gasteiger charge is 2.17. The first-order valence-corrected chi connectivity index (χ1v) is 5.84. The Kier molecular flexibility index (Phi) is 3.53. The second-order valence-electron chi connectivity index (χ2n) is 3.21. The van der Waals surface area contributed by atoms with Crippen molar-refractivity contribution in [3.63, 3.8) is 0 Å². The molecule has 0 amide bonds. The van der Waals surface area contributed by atoms with E-state index in [9.17, 15) is 4.79 Å². The second kappa shape index (κ2) is 5.09. The van der Waals surface area contributed by atoms with Crippen molar-refractivity contribution in [3.05, 3.63) is 34.8 Å². The van der Waals surface area contributed by atoms with E-state index >= 15 is 0 Å². The molecule has 0 aliphatic heterocycles. The fourth-order valence-corrected chi connectivity index (χ4v) is 1.60. The first-order valence-electron chi connectivity index (χ1n) is 5.04. The molecule has 0 atom stereocenters. The highest BCUT2D eigenvalue weighted by Crippen LogP contribution is 2.20. The Bertz CT molecular complexity index is 522. The van der Waals surface area contributed by atoms with Gasteiger partial charge >= 0.3 is 5.97 Å². The topological polar surface area (TPSA) is 67.9 Å². The maximum atomic E-state index is 11.6. The van der Waals surface area contributed by atoms with Crippen LogP contribution in [0.2, 0.25) is 0 Å². The van der Waals surface area contributed by atoms with Gasteiger partial charge in [-0.05, 0) is 35.0 Å². The predicted octanol–water partition coefficient (Wildman–Crippen LogP) is 2.41. The lowest BCUT2D eigenvalue weighted by molar-refractivity contribution is 0.0521. The molecule has 0 aliphatic carbocycles. The largest absolute Gasteiger partial charge is 0.461 e. The number of carbonyl (C=O) groups excluding carboxylic acids is 1. The van der Waals surface area contributed by atoms with E-state index in [0.29, 0.717) is 23.7 Å². The molecule has 0 fully saturated rings. The average molecular weight is 296 g/mol. The van der Waals surface area contributed by atoms with Crippen LogP contribution in [0.25, 0.3) is 11.4 Å². The zero-order valence-corrected chi connectivity index (χ0v) is 10.7. The third kappa shape index (κ3) is 2.52. The maximum Gasteiger partial charge on any atom is 0.357 e. The number of aromatic amines is 1. The molecule has 0 saturated carbocycles. The number of rotatable bonds is 3. The molecular formula is C11H10BrN3O2. The Hall–Kier alpha value is -1.69. The monoisotopic (exact) mass is 295 g/mol. The molecule has 0 unspecified atom stereocenters. The number of H-pyrrole nitrogens is 1. The maximum absolute atomic E-state index is 11.6. The van der Waals surface area contributed by atoms with Crippen LogP contribution < -0.4 is 0 Å². The number of hydrogen-bond acceptors (Lipinski definition) is 4. The zero-order valence-electron chi connectivity index (χ0n) is 9.11. The molecule has 88 valence electrons. The number of imidazole rings is 1. The van der Waals surface area contributed by atoms with Crippen molar-refractivity contribution >= 4 is 21.9 Å². The molecular weight excluding hydrogens is 286 g/mol. The number of carbonyl (C=O) groups is 1. The molecule has 2 heterocycles. The minimum absolute atomic E-state index is 0.321. The Morgan fingerprint density at radius 3 is 2.94 bits per heavy atom. The Balaban J connectivity index is 2.36. The van der Waals surface area contributed by atoms with Gasteiger partial charge in [0.2, 0.25) is 0 Å². The summed E-state index contributed by atoms with van der Waals surface area (Å²) in [7, 11) is 0. The Morgan fingerprint density at radius 1 is 1.47 bits per heavy atom. The van der Waals surface area contributed by atoms with E-state index in [0.717, 1.165) is 4.47 Å². The summed E-state index contributed by atoms with van der Waals surface area (Å²) < 4.78 is 5.79. The number of halogens is 1. The van der Waals surface area contributed by atoms with E-state index in [1.54, 1.807) is 19.2 Å². The molecule has 0 radical (unpaired) electrons. The Labute approximate surface area is 106 Å². The fourth-order valence-electron chi connectivity index (χ4n) is 1.36. The molecule has 6 heteroatoms. The normalized spacial score (nSPS) is 10.2. The van der Waals surface area contributed by atoms with Crippen molar-refractivity contribution in [1.29, 1.82) is 0 Å². The van der Waals surface area contributed by atoms with Crippen LogP contribution >= 0.6 is 15.9 Å². The summed E-state index contributed by atoms with van der Waals surface area (Å²) in [6.07, 6.45) is 3.10. The fraction of sp³-hybridized carbons (Fsp3) is 0.182. The number of ether oxygens (including phenoxy) is 1. The SMILES string of the molecule is CCOC(=O)c1[nH]cnc1-c1ccc(Br)cn1. The van der Waals surface area contributed by atoms with Gasteiger partial charge in [-0.2, -0.15) is 0 Å². The first kappa shape index (κ1) is 11.8. The molecule has 1 N–H and O–H groups in total. The molecule has 0 saturated heterocycles. The van der Waals surface area contributed by atoms with Crippen LogP contribution in [-0.2, 0) is 4.74 Å². The number of hydrogen-bond donors (Lipinski definition) is 1. The van der Waals surface area contributed by atoms with Gasteiger partial charge in [-0.25, -0.2) is 9.78 Å². The van der Waals surface area contributed by atoms with Gasteiger partial charge in [0.25, 0.3) is 0 Å². The summed E-state index contributed by atoms with van der Waals surface area (Å²) in [6.45, 7) is 2.08. The first-order chi connectivity index (χ1) is 8.22. The van der Waals surface area contributed by atoms with Crippen LogP contribution in [0.5, 0.6) is 0 Å². The van der Waals surface area contributed by atoms with Gasteiger partial charge in [0.15, 0.2) is 5.69 Å². The van der Waals surface area contributed by atoms with Gasteiger partial charge in [0.05, 0.1) is 18.6 Å². The summed E-state index contributed by atoms with van der Waals surface area (Å²) in [4.78, 5) is 22.7. The second-order valence-corrected chi connectivity index (χ2v) is 4.12. The van der Waals surface area contributed by atoms with E-state index in [1.165, 1.54) is 6.33 Å². The summed E-state index contributed by atoms with van der Waals surface area (Å²) in [5.41, 5.74) is 1.44. The summed E-state index contributed by atoms with van der Waals surface area (Å²) >= 11 is 3.30. The van der Waals surface area contributed by atoms with Crippen molar-refractivity contribution in [2.75, 3.05) is 6.61 Å². The van der Waals surface area contributed by atoms with Crippen molar-refractivity contribution in [2.45, 2.75) is 6.92 Å². The molecule has 2 aromatic heterocycles. The van der Waals surface area contributed by atoms with E-state index in [2.05, 4.69) is 30.9 Å². The molecule has 2 aromatic rings. The highest BCUT2D eigenvalue weighted by atomic mass is 79.9. The van der Waals surface area contributed by atoms with E-state index in [1.807, 2.05) is 6.07 Å². The van der Waals surface area contributed by atoms with Crippen LogP contribution in [0.4, 0.5) is 0 Å². The van der Waals surface area contributed by atoms with Crippen LogP contribution in [0.1, 0.15) is 17.4 Å². The quantitative estimate of drug-likeness (QED) is 0.883. The molecule has 0 bridgehead atoms. The Morgan fingerprint density at radius 2 is 2.29 bits per heavy atom. The van der Waals surface area contributed by atoms with Crippen molar-refractivity contribution in [3.8, 4) is 11.4 Å². The predicted molar refractivity (Wildman–Crippen MR) is 65.5 cm³/mol. The lowest BCUT2D eigenvalue weighted by Gasteiger charge is -2.02. The van der Waals surface area contributed by atoms with Gasteiger partial charge in [-0.1, -0.05) is 0 Å².